The van der Waals surface area contributed by atoms with Gasteiger partial charge in [-0.05, 0) is 27.7 Å². The predicted molar refractivity (Wildman–Crippen MR) is 56.8 cm³/mol. The van der Waals surface area contributed by atoms with Crippen LogP contribution in [0.5, 0.6) is 0 Å². The zero-order chi connectivity index (χ0) is 11.5. The number of carboxylic acids is 1. The Bertz CT molecular complexity index is 271. The Morgan fingerprint density at radius 1 is 1.40 bits per heavy atom. The molecule has 0 aliphatic rings. The molecule has 0 saturated heterocycles. The standard InChI is InChI=1S/C10H16O4.H3N/c1-6(2)8(11)14-7(3)10(4,5)9(12)13;/h7H,1H2,2-5H3,(H,12,13);1H3. The summed E-state index contributed by atoms with van der Waals surface area (Å²) in [4.78, 5) is 21.9. The second-order valence-electron chi connectivity index (χ2n) is 3.85. The largest absolute Gasteiger partial charge is 0.481 e. The average Bonchev–Trinajstić information content (AvgIpc) is 2.03. The molecule has 0 bridgehead atoms. The van der Waals surface area contributed by atoms with E-state index in [4.69, 9.17) is 9.84 Å². The Labute approximate surface area is 89.7 Å². The summed E-state index contributed by atoms with van der Waals surface area (Å²) >= 11 is 0. The molecule has 0 spiro atoms. The normalized spacial score (nSPS) is 12.3. The topological polar surface area (TPSA) is 98.6 Å². The lowest BCUT2D eigenvalue weighted by atomic mass is 9.87. The zero-order valence-corrected chi connectivity index (χ0v) is 9.66. The van der Waals surface area contributed by atoms with Crippen LogP contribution in [0.3, 0.4) is 0 Å². The van der Waals surface area contributed by atoms with Crippen molar-refractivity contribution < 1.29 is 19.4 Å². The van der Waals surface area contributed by atoms with Gasteiger partial charge in [-0.2, -0.15) is 0 Å². The summed E-state index contributed by atoms with van der Waals surface area (Å²) < 4.78 is 4.92. The molecule has 1 unspecified atom stereocenters. The van der Waals surface area contributed by atoms with E-state index < -0.39 is 23.5 Å². The maximum absolute atomic E-state index is 11.1. The molecule has 15 heavy (non-hydrogen) atoms. The molecule has 88 valence electrons. The van der Waals surface area contributed by atoms with E-state index in [0.29, 0.717) is 0 Å². The Hall–Kier alpha value is -1.36. The Balaban J connectivity index is 0. The van der Waals surface area contributed by atoms with Crippen LogP contribution in [0, 0.1) is 5.41 Å². The summed E-state index contributed by atoms with van der Waals surface area (Å²) in [5.41, 5.74) is -0.830. The van der Waals surface area contributed by atoms with Gasteiger partial charge in [-0.25, -0.2) is 4.79 Å². The molecule has 0 aliphatic carbocycles. The molecule has 0 heterocycles. The SMILES string of the molecule is C=C(C)C(=O)OC(C)C(C)(C)C(=O)O.N. The van der Waals surface area contributed by atoms with Gasteiger partial charge in [0.15, 0.2) is 0 Å². The Morgan fingerprint density at radius 2 is 1.80 bits per heavy atom. The van der Waals surface area contributed by atoms with Crippen molar-refractivity contribution in [1.29, 1.82) is 0 Å². The van der Waals surface area contributed by atoms with E-state index in [9.17, 15) is 9.59 Å². The van der Waals surface area contributed by atoms with Crippen molar-refractivity contribution in [2.45, 2.75) is 33.8 Å². The van der Waals surface area contributed by atoms with Crippen molar-refractivity contribution in [1.82, 2.24) is 6.15 Å². The molecule has 1 atom stereocenters. The molecule has 0 aliphatic heterocycles. The lowest BCUT2D eigenvalue weighted by Gasteiger charge is -2.26. The number of rotatable bonds is 4. The van der Waals surface area contributed by atoms with E-state index in [1.807, 2.05) is 0 Å². The predicted octanol–water partition coefficient (Wildman–Crippen LogP) is 1.77. The molecule has 0 amide bonds. The average molecular weight is 217 g/mol. The van der Waals surface area contributed by atoms with E-state index in [2.05, 4.69) is 6.58 Å². The lowest BCUT2D eigenvalue weighted by molar-refractivity contribution is -0.162. The molecule has 0 fully saturated rings. The minimum absolute atomic E-state index is 0. The fourth-order valence-corrected chi connectivity index (χ4v) is 0.582. The van der Waals surface area contributed by atoms with Crippen LogP contribution < -0.4 is 6.15 Å². The fraction of sp³-hybridized carbons (Fsp3) is 0.600. The summed E-state index contributed by atoms with van der Waals surface area (Å²) in [6.07, 6.45) is -0.691. The van der Waals surface area contributed by atoms with E-state index in [-0.39, 0.29) is 11.7 Å². The van der Waals surface area contributed by atoms with Crippen molar-refractivity contribution in [2.75, 3.05) is 0 Å². The minimum Gasteiger partial charge on any atom is -0.481 e. The molecule has 4 N–H and O–H groups in total. The zero-order valence-electron chi connectivity index (χ0n) is 9.66. The molecule has 0 aromatic heterocycles. The highest BCUT2D eigenvalue weighted by Gasteiger charge is 2.36. The summed E-state index contributed by atoms with van der Waals surface area (Å²) in [5.74, 6) is -1.56. The first-order valence-electron chi connectivity index (χ1n) is 4.29. The number of carboxylic acid groups (broad SMARTS) is 1. The molecule has 5 nitrogen and oxygen atoms in total. The molecule has 0 aromatic carbocycles. The van der Waals surface area contributed by atoms with Crippen molar-refractivity contribution in [3.8, 4) is 0 Å². The van der Waals surface area contributed by atoms with Crippen molar-refractivity contribution in [2.24, 2.45) is 5.41 Å². The van der Waals surface area contributed by atoms with Crippen LogP contribution >= 0.6 is 0 Å². The van der Waals surface area contributed by atoms with E-state index in [1.165, 1.54) is 20.8 Å². The minimum atomic E-state index is -1.09. The molecule has 0 aromatic rings. The van der Waals surface area contributed by atoms with Crippen molar-refractivity contribution in [3.05, 3.63) is 12.2 Å². The van der Waals surface area contributed by atoms with Crippen molar-refractivity contribution >= 4 is 11.9 Å². The van der Waals surface area contributed by atoms with Crippen LogP contribution in [0.2, 0.25) is 0 Å². The fourth-order valence-electron chi connectivity index (χ4n) is 0.582. The number of ether oxygens (including phenoxy) is 1. The smallest absolute Gasteiger partial charge is 0.333 e. The quantitative estimate of drug-likeness (QED) is 0.552. The first-order chi connectivity index (χ1) is 6.19. The molecular weight excluding hydrogens is 198 g/mol. The van der Waals surface area contributed by atoms with E-state index in [1.54, 1.807) is 6.92 Å². The summed E-state index contributed by atoms with van der Waals surface area (Å²) in [6.45, 7) is 9.49. The lowest BCUT2D eigenvalue weighted by Crippen LogP contribution is -2.38. The highest BCUT2D eigenvalue weighted by atomic mass is 16.5. The highest BCUT2D eigenvalue weighted by molar-refractivity contribution is 5.87. The van der Waals surface area contributed by atoms with Crippen LogP contribution in [0.25, 0.3) is 0 Å². The number of hydrogen-bond acceptors (Lipinski definition) is 4. The number of carbonyl (C=O) groups is 2. The number of hydrogen-bond donors (Lipinski definition) is 2. The number of aliphatic carboxylic acids is 1. The van der Waals surface area contributed by atoms with Crippen molar-refractivity contribution in [3.63, 3.8) is 0 Å². The Morgan fingerprint density at radius 3 is 2.07 bits per heavy atom. The maximum Gasteiger partial charge on any atom is 0.333 e. The van der Waals surface area contributed by atoms with Gasteiger partial charge in [0, 0.05) is 5.57 Å². The molecular formula is C10H19NO4. The highest BCUT2D eigenvalue weighted by Crippen LogP contribution is 2.23. The summed E-state index contributed by atoms with van der Waals surface area (Å²) in [5, 5.41) is 8.85. The van der Waals surface area contributed by atoms with Crippen LogP contribution in [-0.2, 0) is 14.3 Å². The van der Waals surface area contributed by atoms with Crippen LogP contribution in [0.15, 0.2) is 12.2 Å². The third kappa shape index (κ3) is 4.12. The third-order valence-corrected chi connectivity index (χ3v) is 2.20. The number of carbonyl (C=O) groups excluding carboxylic acids is 1. The Kier molecular flexibility index (Phi) is 5.90. The molecule has 0 rings (SSSR count). The van der Waals surface area contributed by atoms with Gasteiger partial charge < -0.3 is 16.0 Å². The van der Waals surface area contributed by atoms with Gasteiger partial charge in [0.1, 0.15) is 6.10 Å². The molecule has 5 heteroatoms. The van der Waals surface area contributed by atoms with E-state index in [0.717, 1.165) is 0 Å². The van der Waals surface area contributed by atoms with Crippen LogP contribution in [0.4, 0.5) is 0 Å². The van der Waals surface area contributed by atoms with Gasteiger partial charge in [0.2, 0.25) is 0 Å². The van der Waals surface area contributed by atoms with Gasteiger partial charge in [-0.15, -0.1) is 0 Å². The molecule has 0 radical (unpaired) electrons. The van der Waals surface area contributed by atoms with Gasteiger partial charge in [-0.3, -0.25) is 4.79 Å². The van der Waals surface area contributed by atoms with Gasteiger partial charge in [0.05, 0.1) is 5.41 Å². The van der Waals surface area contributed by atoms with Gasteiger partial charge in [-0.1, -0.05) is 6.58 Å². The monoisotopic (exact) mass is 217 g/mol. The summed E-state index contributed by atoms with van der Waals surface area (Å²) in [6, 6.07) is 0. The first-order valence-corrected chi connectivity index (χ1v) is 4.29. The van der Waals surface area contributed by atoms with Gasteiger partial charge in [0.25, 0.3) is 0 Å². The van der Waals surface area contributed by atoms with Crippen LogP contribution in [-0.4, -0.2) is 23.1 Å². The number of esters is 1. The second-order valence-corrected chi connectivity index (χ2v) is 3.85. The maximum atomic E-state index is 11.1. The second kappa shape index (κ2) is 5.50. The van der Waals surface area contributed by atoms with E-state index >= 15 is 0 Å². The molecule has 0 saturated carbocycles. The van der Waals surface area contributed by atoms with Gasteiger partial charge >= 0.3 is 11.9 Å². The third-order valence-electron chi connectivity index (χ3n) is 2.20. The first kappa shape index (κ1) is 16.1. The summed E-state index contributed by atoms with van der Waals surface area (Å²) in [7, 11) is 0. The van der Waals surface area contributed by atoms with Crippen LogP contribution in [0.1, 0.15) is 27.7 Å².